The normalized spacial score (nSPS) is 11.1. The summed E-state index contributed by atoms with van der Waals surface area (Å²) in [5, 5.41) is 19.7. The summed E-state index contributed by atoms with van der Waals surface area (Å²) in [6.45, 7) is 1.90. The number of aromatic hydroxyl groups is 2. The predicted octanol–water partition coefficient (Wildman–Crippen LogP) is 2.00. The summed E-state index contributed by atoms with van der Waals surface area (Å²) >= 11 is 0. The molecule has 0 aliphatic heterocycles. The van der Waals surface area contributed by atoms with E-state index in [1.54, 1.807) is 36.4 Å². The zero-order chi connectivity index (χ0) is 18.0. The highest BCUT2D eigenvalue weighted by Gasteiger charge is 2.14. The highest BCUT2D eigenvalue weighted by Crippen LogP contribution is 2.19. The van der Waals surface area contributed by atoms with Gasteiger partial charge in [-0.1, -0.05) is 17.7 Å². The van der Waals surface area contributed by atoms with Crippen LogP contribution < -0.4 is 11.2 Å². The maximum atomic E-state index is 12.1. The topological polar surface area (TPSA) is 108 Å². The van der Waals surface area contributed by atoms with Gasteiger partial charge < -0.3 is 10.2 Å². The quantitative estimate of drug-likeness (QED) is 0.635. The lowest BCUT2D eigenvalue weighted by Gasteiger charge is -2.09. The van der Waals surface area contributed by atoms with Gasteiger partial charge in [-0.25, -0.2) is 9.36 Å². The van der Waals surface area contributed by atoms with Crippen molar-refractivity contribution in [3.63, 3.8) is 0 Å². The van der Waals surface area contributed by atoms with E-state index in [1.165, 1.54) is 18.3 Å². The molecule has 0 atom stereocenters. The summed E-state index contributed by atoms with van der Waals surface area (Å²) in [6, 6.07) is 12.9. The molecule has 0 saturated carbocycles. The third-order valence-corrected chi connectivity index (χ3v) is 3.61. The van der Waals surface area contributed by atoms with Crippen LogP contribution in [0.1, 0.15) is 11.1 Å². The van der Waals surface area contributed by atoms with E-state index in [9.17, 15) is 19.8 Å². The first-order valence-electron chi connectivity index (χ1n) is 7.44. The molecular formula is C18H15N3O4. The number of aryl methyl sites for hydroxylation is 1. The van der Waals surface area contributed by atoms with Crippen molar-refractivity contribution in [2.45, 2.75) is 6.92 Å². The van der Waals surface area contributed by atoms with Crippen molar-refractivity contribution in [2.75, 3.05) is 0 Å². The third kappa shape index (κ3) is 3.35. The van der Waals surface area contributed by atoms with Gasteiger partial charge in [0.05, 0.1) is 11.4 Å². The number of aliphatic imine (C=N–C) groups is 1. The van der Waals surface area contributed by atoms with E-state index in [1.807, 2.05) is 6.92 Å². The standard InChI is InChI=1S/C18H15N3O4/c1-11-2-6-13(7-3-11)21-17(24)15(16(23)20-18(21)25)10-19-12-4-8-14(22)9-5-12/h2-10,22,24H,1H3,(H,20,23,25). The van der Waals surface area contributed by atoms with Gasteiger partial charge in [0.15, 0.2) is 0 Å². The number of nitrogens with zero attached hydrogens (tertiary/aromatic N) is 2. The van der Waals surface area contributed by atoms with Gasteiger partial charge in [-0.05, 0) is 43.3 Å². The summed E-state index contributed by atoms with van der Waals surface area (Å²) in [5.74, 6) is -0.410. The Hall–Kier alpha value is -3.61. The molecule has 0 aliphatic carbocycles. The molecule has 3 aromatic rings. The van der Waals surface area contributed by atoms with Crippen LogP contribution in [0.5, 0.6) is 11.6 Å². The fourth-order valence-corrected chi connectivity index (χ4v) is 2.27. The first kappa shape index (κ1) is 16.3. The van der Waals surface area contributed by atoms with Crippen LogP contribution in [-0.4, -0.2) is 26.0 Å². The van der Waals surface area contributed by atoms with Gasteiger partial charge in [0.2, 0.25) is 5.88 Å². The fourth-order valence-electron chi connectivity index (χ4n) is 2.27. The zero-order valence-corrected chi connectivity index (χ0v) is 13.3. The average molecular weight is 337 g/mol. The van der Waals surface area contributed by atoms with Gasteiger partial charge >= 0.3 is 5.69 Å². The Bertz CT molecular complexity index is 1050. The number of phenolic OH excluding ortho intramolecular Hbond substituents is 1. The number of benzene rings is 2. The van der Waals surface area contributed by atoms with E-state index < -0.39 is 17.1 Å². The monoisotopic (exact) mass is 337 g/mol. The molecule has 0 bridgehead atoms. The lowest BCUT2D eigenvalue weighted by Crippen LogP contribution is -2.31. The number of aromatic nitrogens is 2. The van der Waals surface area contributed by atoms with E-state index in [0.29, 0.717) is 11.4 Å². The van der Waals surface area contributed by atoms with Crippen LogP contribution >= 0.6 is 0 Å². The van der Waals surface area contributed by atoms with Gasteiger partial charge in [-0.15, -0.1) is 0 Å². The van der Waals surface area contributed by atoms with Crippen LogP contribution in [0.3, 0.4) is 0 Å². The molecule has 7 heteroatoms. The predicted molar refractivity (Wildman–Crippen MR) is 94.4 cm³/mol. The summed E-state index contributed by atoms with van der Waals surface area (Å²) in [5.41, 5.74) is 0.262. The Balaban J connectivity index is 2.10. The SMILES string of the molecule is Cc1ccc(-n2c(O)c(C=Nc3ccc(O)cc3)c(=O)[nH]c2=O)cc1. The number of nitrogens with one attached hydrogen (secondary N) is 1. The molecule has 0 saturated heterocycles. The molecule has 126 valence electrons. The zero-order valence-electron chi connectivity index (χ0n) is 13.3. The Kier molecular flexibility index (Phi) is 4.21. The van der Waals surface area contributed by atoms with E-state index in [0.717, 1.165) is 10.1 Å². The van der Waals surface area contributed by atoms with E-state index in [2.05, 4.69) is 9.98 Å². The smallest absolute Gasteiger partial charge is 0.335 e. The Labute approximate surface area is 142 Å². The molecule has 0 fully saturated rings. The van der Waals surface area contributed by atoms with Crippen molar-refractivity contribution < 1.29 is 10.2 Å². The van der Waals surface area contributed by atoms with Crippen LogP contribution in [0.15, 0.2) is 63.1 Å². The largest absolute Gasteiger partial charge is 0.508 e. The second kappa shape index (κ2) is 6.48. The maximum Gasteiger partial charge on any atom is 0.335 e. The van der Waals surface area contributed by atoms with Crippen LogP contribution in [0.25, 0.3) is 5.69 Å². The summed E-state index contributed by atoms with van der Waals surface area (Å²) in [4.78, 5) is 30.4. The summed E-state index contributed by atoms with van der Waals surface area (Å²) < 4.78 is 0.999. The maximum absolute atomic E-state index is 12.1. The van der Waals surface area contributed by atoms with Crippen molar-refractivity contribution in [1.29, 1.82) is 0 Å². The minimum absolute atomic E-state index is 0.0903. The number of aromatic amines is 1. The van der Waals surface area contributed by atoms with Gasteiger partial charge in [-0.2, -0.15) is 0 Å². The molecule has 3 N–H and O–H groups in total. The van der Waals surface area contributed by atoms with E-state index in [4.69, 9.17) is 0 Å². The Morgan fingerprint density at radius 1 is 1.00 bits per heavy atom. The van der Waals surface area contributed by atoms with Crippen LogP contribution in [0.2, 0.25) is 0 Å². The number of rotatable bonds is 3. The minimum Gasteiger partial charge on any atom is -0.508 e. The van der Waals surface area contributed by atoms with Crippen molar-refractivity contribution in [3.05, 3.63) is 80.5 Å². The minimum atomic E-state index is -0.742. The number of phenols is 1. The lowest BCUT2D eigenvalue weighted by atomic mass is 10.2. The van der Waals surface area contributed by atoms with Gasteiger partial charge in [0.25, 0.3) is 5.56 Å². The highest BCUT2D eigenvalue weighted by atomic mass is 16.3. The molecule has 0 radical (unpaired) electrons. The molecular weight excluding hydrogens is 322 g/mol. The van der Waals surface area contributed by atoms with Crippen LogP contribution in [0, 0.1) is 6.92 Å². The van der Waals surface area contributed by atoms with Crippen molar-refractivity contribution in [3.8, 4) is 17.3 Å². The van der Waals surface area contributed by atoms with Crippen molar-refractivity contribution in [2.24, 2.45) is 4.99 Å². The lowest BCUT2D eigenvalue weighted by molar-refractivity contribution is 0.430. The molecule has 3 rings (SSSR count). The molecule has 25 heavy (non-hydrogen) atoms. The second-order valence-electron chi connectivity index (χ2n) is 5.44. The molecule has 0 aliphatic rings. The third-order valence-electron chi connectivity index (χ3n) is 3.61. The van der Waals surface area contributed by atoms with Crippen molar-refractivity contribution >= 4 is 11.9 Å². The van der Waals surface area contributed by atoms with Crippen LogP contribution in [-0.2, 0) is 0 Å². The van der Waals surface area contributed by atoms with Gasteiger partial charge in [0.1, 0.15) is 11.3 Å². The van der Waals surface area contributed by atoms with Crippen LogP contribution in [0.4, 0.5) is 5.69 Å². The van der Waals surface area contributed by atoms with Crippen molar-refractivity contribution in [1.82, 2.24) is 9.55 Å². The summed E-state index contributed by atoms with van der Waals surface area (Å²) in [7, 11) is 0. The Morgan fingerprint density at radius 2 is 1.64 bits per heavy atom. The Morgan fingerprint density at radius 3 is 2.28 bits per heavy atom. The first-order chi connectivity index (χ1) is 12.0. The average Bonchev–Trinajstić information content (AvgIpc) is 2.57. The second-order valence-corrected chi connectivity index (χ2v) is 5.44. The molecule has 0 spiro atoms. The van der Waals surface area contributed by atoms with E-state index in [-0.39, 0.29) is 11.3 Å². The molecule has 2 aromatic carbocycles. The molecule has 0 unspecified atom stereocenters. The number of H-pyrrole nitrogens is 1. The summed E-state index contributed by atoms with van der Waals surface area (Å²) in [6.07, 6.45) is 1.17. The van der Waals surface area contributed by atoms with Gasteiger partial charge in [-0.3, -0.25) is 14.8 Å². The van der Waals surface area contributed by atoms with E-state index >= 15 is 0 Å². The molecule has 7 nitrogen and oxygen atoms in total. The fraction of sp³-hybridized carbons (Fsp3) is 0.0556. The highest BCUT2D eigenvalue weighted by molar-refractivity contribution is 5.84. The number of hydrogen-bond acceptors (Lipinski definition) is 5. The first-order valence-corrected chi connectivity index (χ1v) is 7.44. The molecule has 1 heterocycles. The van der Waals surface area contributed by atoms with Gasteiger partial charge in [0, 0.05) is 6.21 Å². The number of hydrogen-bond donors (Lipinski definition) is 3. The molecule has 1 aromatic heterocycles. The molecule has 0 amide bonds.